The summed E-state index contributed by atoms with van der Waals surface area (Å²) in [5.74, 6) is 2.45. The molecule has 1 heterocycles. The van der Waals surface area contributed by atoms with Gasteiger partial charge in [0, 0.05) is 0 Å². The molecule has 1 atom stereocenters. The van der Waals surface area contributed by atoms with Crippen molar-refractivity contribution in [2.24, 2.45) is 0 Å². The first-order chi connectivity index (χ1) is 9.84. The van der Waals surface area contributed by atoms with E-state index in [0.717, 1.165) is 17.3 Å². The van der Waals surface area contributed by atoms with Crippen molar-refractivity contribution >= 4 is 24.0 Å². The lowest BCUT2D eigenvalue weighted by Crippen LogP contribution is -2.11. The first kappa shape index (κ1) is 16.1. The Morgan fingerprint density at radius 1 is 1.29 bits per heavy atom. The van der Waals surface area contributed by atoms with Gasteiger partial charge < -0.3 is 9.72 Å². The monoisotopic (exact) mass is 323 g/mol. The Morgan fingerprint density at radius 2 is 1.95 bits per heavy atom. The van der Waals surface area contributed by atoms with E-state index in [-0.39, 0.29) is 10.9 Å². The molecule has 0 saturated carbocycles. The quantitative estimate of drug-likeness (QED) is 0.631. The van der Waals surface area contributed by atoms with Gasteiger partial charge in [-0.1, -0.05) is 32.9 Å². The summed E-state index contributed by atoms with van der Waals surface area (Å²) in [4.78, 5) is 2.99. The maximum atomic E-state index is 5.90. The number of thioether (sulfide) groups is 1. The van der Waals surface area contributed by atoms with E-state index in [0.29, 0.717) is 4.77 Å². The van der Waals surface area contributed by atoms with Crippen LogP contribution in [0, 0.1) is 4.77 Å². The summed E-state index contributed by atoms with van der Waals surface area (Å²) >= 11 is 6.61. The van der Waals surface area contributed by atoms with Gasteiger partial charge >= 0.3 is 0 Å². The van der Waals surface area contributed by atoms with Crippen molar-refractivity contribution in [3.05, 3.63) is 40.4 Å². The van der Waals surface area contributed by atoms with E-state index >= 15 is 0 Å². The van der Waals surface area contributed by atoms with Crippen LogP contribution in [0.15, 0.2) is 24.3 Å². The average Bonchev–Trinajstić information content (AvgIpc) is 2.82. The summed E-state index contributed by atoms with van der Waals surface area (Å²) in [7, 11) is 0. The average molecular weight is 323 g/mol. The number of nitrogens with one attached hydrogen (secondary N) is 2. The Morgan fingerprint density at radius 3 is 2.48 bits per heavy atom. The van der Waals surface area contributed by atoms with Crippen molar-refractivity contribution in [3.8, 4) is 5.75 Å². The van der Waals surface area contributed by atoms with Crippen LogP contribution in [-0.2, 0) is 11.2 Å². The standard InChI is InChI=1S/C15H21N3OS2/c1-10(21-9-13-16-14(20)18-17-13)19-12-7-5-11(6-8-12)15(2,3)4/h5-8,10H,9H2,1-4H3,(H2,16,17,18,20). The van der Waals surface area contributed by atoms with E-state index < -0.39 is 0 Å². The normalized spacial score (nSPS) is 13.1. The minimum atomic E-state index is 0.0455. The molecule has 1 unspecified atom stereocenters. The maximum Gasteiger partial charge on any atom is 0.192 e. The number of nitrogens with zero attached hydrogens (tertiary/aromatic N) is 1. The molecule has 0 radical (unpaired) electrons. The van der Waals surface area contributed by atoms with E-state index in [1.807, 2.05) is 19.1 Å². The molecule has 1 aromatic carbocycles. The number of hydrogen-bond acceptors (Lipinski definition) is 4. The van der Waals surface area contributed by atoms with Crippen molar-refractivity contribution in [1.29, 1.82) is 0 Å². The summed E-state index contributed by atoms with van der Waals surface area (Å²) in [6, 6.07) is 8.30. The molecule has 2 rings (SSSR count). The molecule has 0 bridgehead atoms. The van der Waals surface area contributed by atoms with Crippen LogP contribution in [0.5, 0.6) is 5.75 Å². The number of aromatic amines is 2. The number of ether oxygens (including phenoxy) is 1. The predicted molar refractivity (Wildman–Crippen MR) is 90.3 cm³/mol. The minimum Gasteiger partial charge on any atom is -0.480 e. The van der Waals surface area contributed by atoms with Gasteiger partial charge in [0.25, 0.3) is 0 Å². The van der Waals surface area contributed by atoms with Gasteiger partial charge in [0.15, 0.2) is 4.77 Å². The number of rotatable bonds is 5. The van der Waals surface area contributed by atoms with E-state index in [1.165, 1.54) is 5.56 Å². The predicted octanol–water partition coefficient (Wildman–Crippen LogP) is 4.42. The third kappa shape index (κ3) is 4.89. The van der Waals surface area contributed by atoms with Crippen molar-refractivity contribution < 1.29 is 4.74 Å². The van der Waals surface area contributed by atoms with Crippen LogP contribution < -0.4 is 4.74 Å². The summed E-state index contributed by atoms with van der Waals surface area (Å²) in [5, 5.41) is 6.79. The zero-order valence-corrected chi connectivity index (χ0v) is 14.4. The lowest BCUT2D eigenvalue weighted by Gasteiger charge is -2.20. The highest BCUT2D eigenvalue weighted by Crippen LogP contribution is 2.26. The van der Waals surface area contributed by atoms with Crippen molar-refractivity contribution in [3.63, 3.8) is 0 Å². The molecule has 0 saturated heterocycles. The summed E-state index contributed by atoms with van der Waals surface area (Å²) in [6.07, 6.45) is 0. The first-order valence-corrected chi connectivity index (χ1v) is 8.32. The van der Waals surface area contributed by atoms with Crippen molar-refractivity contribution in [2.45, 2.75) is 44.3 Å². The van der Waals surface area contributed by atoms with Gasteiger partial charge in [0.05, 0.1) is 5.75 Å². The molecule has 0 amide bonds. The number of hydrogen-bond donors (Lipinski definition) is 2. The smallest absolute Gasteiger partial charge is 0.192 e. The molecule has 0 aliphatic heterocycles. The maximum absolute atomic E-state index is 5.90. The Hall–Kier alpha value is -1.27. The van der Waals surface area contributed by atoms with Gasteiger partial charge in [0.2, 0.25) is 0 Å². The Labute approximate surface area is 134 Å². The summed E-state index contributed by atoms with van der Waals surface area (Å²) in [5.41, 5.74) is 1.51. The molecule has 0 fully saturated rings. The first-order valence-electron chi connectivity index (χ1n) is 6.87. The molecule has 2 N–H and O–H groups in total. The highest BCUT2D eigenvalue weighted by atomic mass is 32.2. The fourth-order valence-electron chi connectivity index (χ4n) is 1.83. The van der Waals surface area contributed by atoms with Crippen LogP contribution >= 0.6 is 24.0 Å². The van der Waals surface area contributed by atoms with Gasteiger partial charge in [-0.05, 0) is 42.3 Å². The Bertz CT molecular complexity index is 625. The zero-order chi connectivity index (χ0) is 15.5. The molecule has 0 aliphatic rings. The minimum absolute atomic E-state index is 0.0455. The van der Waals surface area contributed by atoms with Crippen LogP contribution in [0.1, 0.15) is 39.1 Å². The molecule has 0 spiro atoms. The highest BCUT2D eigenvalue weighted by molar-refractivity contribution is 7.98. The summed E-state index contributed by atoms with van der Waals surface area (Å²) in [6.45, 7) is 8.64. The number of H-pyrrole nitrogens is 2. The van der Waals surface area contributed by atoms with E-state index in [9.17, 15) is 0 Å². The van der Waals surface area contributed by atoms with Gasteiger partial charge in [0.1, 0.15) is 17.0 Å². The van der Waals surface area contributed by atoms with E-state index in [2.05, 4.69) is 48.1 Å². The molecule has 114 valence electrons. The van der Waals surface area contributed by atoms with Crippen LogP contribution in [0.2, 0.25) is 0 Å². The molecule has 1 aromatic heterocycles. The fraction of sp³-hybridized carbons (Fsp3) is 0.467. The number of benzene rings is 1. The molecular weight excluding hydrogens is 302 g/mol. The lowest BCUT2D eigenvalue weighted by atomic mass is 9.87. The zero-order valence-electron chi connectivity index (χ0n) is 12.8. The van der Waals surface area contributed by atoms with Gasteiger partial charge in [-0.15, -0.1) is 11.8 Å². The third-order valence-electron chi connectivity index (χ3n) is 3.03. The third-order valence-corrected chi connectivity index (χ3v) is 4.23. The lowest BCUT2D eigenvalue weighted by molar-refractivity contribution is 0.307. The van der Waals surface area contributed by atoms with Crippen LogP contribution in [-0.4, -0.2) is 20.6 Å². The van der Waals surface area contributed by atoms with Gasteiger partial charge in [-0.2, -0.15) is 5.10 Å². The molecule has 21 heavy (non-hydrogen) atoms. The van der Waals surface area contributed by atoms with Crippen molar-refractivity contribution in [2.75, 3.05) is 0 Å². The highest BCUT2D eigenvalue weighted by Gasteiger charge is 2.13. The van der Waals surface area contributed by atoms with Crippen LogP contribution in [0.4, 0.5) is 0 Å². The van der Waals surface area contributed by atoms with Crippen LogP contribution in [0.3, 0.4) is 0 Å². The Balaban J connectivity index is 1.87. The SMILES string of the molecule is CC(Oc1ccc(C(C)(C)C)cc1)SCc1n[nH]c(=S)[nH]1. The molecule has 2 aromatic rings. The van der Waals surface area contributed by atoms with E-state index in [1.54, 1.807) is 11.8 Å². The van der Waals surface area contributed by atoms with Crippen LogP contribution in [0.25, 0.3) is 0 Å². The Kier molecular flexibility index (Phi) is 5.11. The molecular formula is C15H21N3OS2. The fourth-order valence-corrected chi connectivity index (χ4v) is 2.70. The topological polar surface area (TPSA) is 53.7 Å². The number of aromatic nitrogens is 3. The molecule has 4 nitrogen and oxygen atoms in total. The van der Waals surface area contributed by atoms with Gasteiger partial charge in [-0.25, -0.2) is 0 Å². The largest absolute Gasteiger partial charge is 0.480 e. The summed E-state index contributed by atoms with van der Waals surface area (Å²) < 4.78 is 6.45. The second-order valence-corrected chi connectivity index (χ2v) is 7.59. The molecule has 0 aliphatic carbocycles. The van der Waals surface area contributed by atoms with E-state index in [4.69, 9.17) is 17.0 Å². The molecule has 6 heteroatoms. The van der Waals surface area contributed by atoms with Crippen molar-refractivity contribution in [1.82, 2.24) is 15.2 Å². The second kappa shape index (κ2) is 6.66. The van der Waals surface area contributed by atoms with Gasteiger partial charge in [-0.3, -0.25) is 5.10 Å². The second-order valence-electron chi connectivity index (χ2n) is 5.90.